The molecule has 0 fully saturated rings. The van der Waals surface area contributed by atoms with Crippen LogP contribution in [0.2, 0.25) is 0 Å². The molecular weight excluding hydrogens is 422 g/mol. The molecule has 0 aliphatic rings. The van der Waals surface area contributed by atoms with E-state index in [1.165, 1.54) is 43.3 Å². The number of nitrogens with zero attached hydrogens (tertiary/aromatic N) is 1. The van der Waals surface area contributed by atoms with Gasteiger partial charge >= 0.3 is 0 Å². The number of rotatable bonds is 7. The van der Waals surface area contributed by atoms with E-state index in [0.717, 1.165) is 23.2 Å². The second-order valence-electron chi connectivity index (χ2n) is 7.01. The van der Waals surface area contributed by atoms with Crippen molar-refractivity contribution in [3.63, 3.8) is 0 Å². The number of amides is 1. The molecule has 0 bridgehead atoms. The van der Waals surface area contributed by atoms with E-state index < -0.39 is 14.9 Å². The predicted octanol–water partition coefficient (Wildman–Crippen LogP) is 3.84. The molecule has 0 unspecified atom stereocenters. The third-order valence-electron chi connectivity index (χ3n) is 4.67. The van der Waals surface area contributed by atoms with Crippen LogP contribution in [0, 0.1) is 30.9 Å². The van der Waals surface area contributed by atoms with Crippen molar-refractivity contribution in [1.82, 2.24) is 5.32 Å². The second-order valence-corrected chi connectivity index (χ2v) is 8.69. The van der Waals surface area contributed by atoms with Crippen molar-refractivity contribution in [2.45, 2.75) is 32.2 Å². The van der Waals surface area contributed by atoms with E-state index in [4.69, 9.17) is 4.42 Å². The average Bonchev–Trinajstić information content (AvgIpc) is 3.03. The summed E-state index contributed by atoms with van der Waals surface area (Å²) in [6, 6.07) is 11.4. The number of carbonyl (C=O) groups is 1. The Bertz CT molecular complexity index is 1250. The molecule has 1 heterocycles. The summed E-state index contributed by atoms with van der Waals surface area (Å²) in [5.74, 6) is 1.18. The minimum absolute atomic E-state index is 0.223. The van der Waals surface area contributed by atoms with Crippen LogP contribution in [-0.2, 0) is 16.6 Å². The van der Waals surface area contributed by atoms with Gasteiger partial charge in [0.2, 0.25) is 0 Å². The molecule has 2 aromatic carbocycles. The summed E-state index contributed by atoms with van der Waals surface area (Å²) in [7, 11) is -4.03. The van der Waals surface area contributed by atoms with Crippen LogP contribution >= 0.6 is 0 Å². The number of hydrogen-bond acceptors (Lipinski definition) is 6. The summed E-state index contributed by atoms with van der Waals surface area (Å²) < 4.78 is 32.9. The fourth-order valence-electron chi connectivity index (χ4n) is 2.99. The number of carbonyl (C=O) groups excluding carboxylic acids is 1. The molecule has 1 amide bonds. The third-order valence-corrected chi connectivity index (χ3v) is 6.05. The van der Waals surface area contributed by atoms with Crippen LogP contribution in [0.3, 0.4) is 0 Å². The summed E-state index contributed by atoms with van der Waals surface area (Å²) >= 11 is 0. The Balaban J connectivity index is 1.69. The van der Waals surface area contributed by atoms with Gasteiger partial charge in [-0.05, 0) is 57.2 Å². The molecule has 0 radical (unpaired) electrons. The molecule has 0 atom stereocenters. The van der Waals surface area contributed by atoms with E-state index in [9.17, 15) is 23.3 Å². The maximum Gasteiger partial charge on any atom is 0.273 e. The topological polar surface area (TPSA) is 132 Å². The van der Waals surface area contributed by atoms with Crippen molar-refractivity contribution in [2.24, 2.45) is 0 Å². The Morgan fingerprint density at radius 2 is 1.74 bits per heavy atom. The van der Waals surface area contributed by atoms with Crippen LogP contribution in [0.15, 0.2) is 57.8 Å². The average molecular weight is 443 g/mol. The molecule has 3 aromatic rings. The van der Waals surface area contributed by atoms with Gasteiger partial charge in [0.25, 0.3) is 21.6 Å². The van der Waals surface area contributed by atoms with Crippen LogP contribution in [0.25, 0.3) is 0 Å². The van der Waals surface area contributed by atoms with Gasteiger partial charge < -0.3 is 9.73 Å². The summed E-state index contributed by atoms with van der Waals surface area (Å²) in [4.78, 5) is 22.6. The zero-order valence-electron chi connectivity index (χ0n) is 17.1. The smallest absolute Gasteiger partial charge is 0.273 e. The zero-order chi connectivity index (χ0) is 22.8. The predicted molar refractivity (Wildman–Crippen MR) is 114 cm³/mol. The first-order chi connectivity index (χ1) is 14.6. The van der Waals surface area contributed by atoms with E-state index in [-0.39, 0.29) is 22.2 Å². The van der Waals surface area contributed by atoms with Gasteiger partial charge in [-0.2, -0.15) is 0 Å². The number of nitro groups is 1. The lowest BCUT2D eigenvalue weighted by molar-refractivity contribution is -0.385. The van der Waals surface area contributed by atoms with E-state index in [1.807, 2.05) is 19.9 Å². The van der Waals surface area contributed by atoms with Gasteiger partial charge in [0, 0.05) is 35.0 Å². The summed E-state index contributed by atoms with van der Waals surface area (Å²) in [6.07, 6.45) is 0. The number of aryl methyl sites for hydroxylation is 3. The number of furan rings is 1. The van der Waals surface area contributed by atoms with Gasteiger partial charge in [0.1, 0.15) is 11.5 Å². The van der Waals surface area contributed by atoms with Gasteiger partial charge in [-0.1, -0.05) is 6.07 Å². The zero-order valence-corrected chi connectivity index (χ0v) is 17.9. The maximum atomic E-state index is 12.6. The lowest BCUT2D eigenvalue weighted by Gasteiger charge is -2.10. The molecule has 1 aromatic heterocycles. The number of anilines is 1. The molecule has 162 valence electrons. The molecule has 3 rings (SSSR count). The Hall–Kier alpha value is -3.66. The first-order valence-corrected chi connectivity index (χ1v) is 10.8. The highest BCUT2D eigenvalue weighted by molar-refractivity contribution is 7.92. The highest BCUT2D eigenvalue weighted by Crippen LogP contribution is 2.24. The van der Waals surface area contributed by atoms with E-state index in [1.54, 1.807) is 0 Å². The van der Waals surface area contributed by atoms with E-state index >= 15 is 0 Å². The van der Waals surface area contributed by atoms with E-state index in [2.05, 4.69) is 10.0 Å². The quantitative estimate of drug-likeness (QED) is 0.421. The minimum Gasteiger partial charge on any atom is -0.466 e. The van der Waals surface area contributed by atoms with Gasteiger partial charge in [0.05, 0.1) is 9.82 Å². The number of nitrogens with one attached hydrogen (secondary N) is 2. The molecule has 10 heteroatoms. The molecule has 0 aliphatic heterocycles. The Kier molecular flexibility index (Phi) is 6.11. The van der Waals surface area contributed by atoms with Crippen LogP contribution < -0.4 is 10.0 Å². The van der Waals surface area contributed by atoms with Crippen molar-refractivity contribution >= 4 is 27.3 Å². The molecule has 0 saturated carbocycles. The fourth-order valence-corrected chi connectivity index (χ4v) is 4.07. The SMILES string of the molecule is Cc1cc(CNC(=O)c2ccc(NS(=O)(=O)c3ccc(C)c([N+](=O)[O-])c3)cc2)c(C)o1. The Labute approximate surface area is 179 Å². The fraction of sp³-hybridized carbons (Fsp3) is 0.190. The van der Waals surface area contributed by atoms with Gasteiger partial charge in [-0.15, -0.1) is 0 Å². The Morgan fingerprint density at radius 3 is 2.32 bits per heavy atom. The second kappa shape index (κ2) is 8.60. The standard InChI is InChI=1S/C21H21N3O6S/c1-13-4-9-19(11-20(13)24(26)27)31(28,29)23-18-7-5-16(6-8-18)21(25)22-12-17-10-14(2)30-15(17)3/h4-11,23H,12H2,1-3H3,(H,22,25). The van der Waals surface area contributed by atoms with Crippen molar-refractivity contribution in [1.29, 1.82) is 0 Å². The molecule has 0 spiro atoms. The first-order valence-electron chi connectivity index (χ1n) is 9.29. The van der Waals surface area contributed by atoms with Gasteiger partial charge in [-0.25, -0.2) is 8.42 Å². The Morgan fingerprint density at radius 1 is 1.06 bits per heavy atom. The van der Waals surface area contributed by atoms with E-state index in [0.29, 0.717) is 17.7 Å². The van der Waals surface area contributed by atoms with Gasteiger partial charge in [0.15, 0.2) is 0 Å². The number of benzene rings is 2. The van der Waals surface area contributed by atoms with Crippen molar-refractivity contribution < 1.29 is 22.6 Å². The van der Waals surface area contributed by atoms with Crippen LogP contribution in [0.4, 0.5) is 11.4 Å². The molecular formula is C21H21N3O6S. The highest BCUT2D eigenvalue weighted by atomic mass is 32.2. The minimum atomic E-state index is -4.03. The number of nitro benzene ring substituents is 1. The number of sulfonamides is 1. The van der Waals surface area contributed by atoms with Crippen molar-refractivity contribution in [3.8, 4) is 0 Å². The first kappa shape index (κ1) is 22.0. The van der Waals surface area contributed by atoms with Crippen LogP contribution in [0.1, 0.15) is 33.0 Å². The maximum absolute atomic E-state index is 12.6. The van der Waals surface area contributed by atoms with Crippen LogP contribution in [-0.4, -0.2) is 19.2 Å². The van der Waals surface area contributed by atoms with Crippen molar-refractivity contribution in [3.05, 3.63) is 86.9 Å². The summed E-state index contributed by atoms with van der Waals surface area (Å²) in [5.41, 5.74) is 1.54. The van der Waals surface area contributed by atoms with Gasteiger partial charge in [-0.3, -0.25) is 19.6 Å². The molecule has 0 saturated heterocycles. The lowest BCUT2D eigenvalue weighted by Crippen LogP contribution is -2.22. The summed E-state index contributed by atoms with van der Waals surface area (Å²) in [5, 5.41) is 13.9. The highest BCUT2D eigenvalue weighted by Gasteiger charge is 2.20. The molecule has 31 heavy (non-hydrogen) atoms. The number of hydrogen-bond donors (Lipinski definition) is 2. The largest absolute Gasteiger partial charge is 0.466 e. The lowest BCUT2D eigenvalue weighted by atomic mass is 10.2. The van der Waals surface area contributed by atoms with Crippen LogP contribution in [0.5, 0.6) is 0 Å². The molecule has 0 aliphatic carbocycles. The third kappa shape index (κ3) is 5.10. The van der Waals surface area contributed by atoms with Crippen molar-refractivity contribution in [2.75, 3.05) is 4.72 Å². The monoisotopic (exact) mass is 443 g/mol. The molecule has 9 nitrogen and oxygen atoms in total. The molecule has 2 N–H and O–H groups in total. The normalized spacial score (nSPS) is 11.2. The summed E-state index contributed by atoms with van der Waals surface area (Å²) in [6.45, 7) is 5.48.